The van der Waals surface area contributed by atoms with Crippen LogP contribution >= 0.6 is 11.3 Å². The van der Waals surface area contributed by atoms with Gasteiger partial charge in [-0.05, 0) is 24.6 Å². The lowest BCUT2D eigenvalue weighted by Gasteiger charge is -2.34. The van der Waals surface area contributed by atoms with Crippen LogP contribution in [0, 0.1) is 0 Å². The quantitative estimate of drug-likeness (QED) is 0.738. The van der Waals surface area contributed by atoms with Crippen LogP contribution in [-0.4, -0.2) is 41.9 Å². The summed E-state index contributed by atoms with van der Waals surface area (Å²) in [6.45, 7) is 0. The van der Waals surface area contributed by atoms with E-state index < -0.39 is 28.2 Å². The van der Waals surface area contributed by atoms with Crippen LogP contribution in [-0.2, 0) is 15.0 Å². The van der Waals surface area contributed by atoms with E-state index in [0.29, 0.717) is 6.42 Å². The number of primary amides is 1. The number of amides is 1. The van der Waals surface area contributed by atoms with Gasteiger partial charge in [0.25, 0.3) is 10.2 Å². The third kappa shape index (κ3) is 2.65. The van der Waals surface area contributed by atoms with Crippen LogP contribution in [0.3, 0.4) is 0 Å². The molecule has 2 aromatic heterocycles. The largest absolute Gasteiger partial charge is 0.368 e. The molecule has 3 heterocycles. The third-order valence-electron chi connectivity index (χ3n) is 3.63. The molecule has 118 valence electrons. The summed E-state index contributed by atoms with van der Waals surface area (Å²) in [5, 5.41) is 6.75. The molecule has 1 aliphatic rings. The lowest BCUT2D eigenvalue weighted by Crippen LogP contribution is -2.56. The third-order valence-corrected chi connectivity index (χ3v) is 6.46. The number of nitrogens with zero attached hydrogens (tertiary/aromatic N) is 2. The van der Waals surface area contributed by atoms with Crippen molar-refractivity contribution < 1.29 is 13.2 Å². The molecule has 3 rings (SSSR count). The van der Waals surface area contributed by atoms with Crippen molar-refractivity contribution in [2.45, 2.75) is 18.5 Å². The van der Waals surface area contributed by atoms with Gasteiger partial charge in [-0.2, -0.15) is 22.5 Å². The number of rotatable bonds is 3. The highest BCUT2D eigenvalue weighted by Crippen LogP contribution is 2.35. The number of hydrogen-bond acceptors (Lipinski definition) is 5. The zero-order valence-corrected chi connectivity index (χ0v) is 13.3. The van der Waals surface area contributed by atoms with Crippen molar-refractivity contribution in [3.05, 3.63) is 29.3 Å². The molecule has 2 atom stereocenters. The Bertz CT molecular complexity index is 784. The molecule has 22 heavy (non-hydrogen) atoms. The molecule has 0 spiro atoms. The summed E-state index contributed by atoms with van der Waals surface area (Å²) in [6.07, 6.45) is 1.95. The van der Waals surface area contributed by atoms with Gasteiger partial charge in [0.15, 0.2) is 0 Å². The van der Waals surface area contributed by atoms with E-state index in [0.717, 1.165) is 19.8 Å². The van der Waals surface area contributed by atoms with Crippen molar-refractivity contribution in [2.24, 2.45) is 5.73 Å². The summed E-state index contributed by atoms with van der Waals surface area (Å²) < 4.78 is 27.8. The number of thiophene rings is 1. The summed E-state index contributed by atoms with van der Waals surface area (Å²) >= 11 is 1.44. The Hall–Kier alpha value is -1.75. The molecule has 0 unspecified atom stereocenters. The van der Waals surface area contributed by atoms with Crippen molar-refractivity contribution >= 4 is 27.5 Å². The van der Waals surface area contributed by atoms with Gasteiger partial charge in [-0.3, -0.25) is 9.89 Å². The number of carbonyl (C=O) groups excluding carboxylic acids is 1. The molecule has 1 fully saturated rings. The Kier molecular flexibility index (Phi) is 3.77. The van der Waals surface area contributed by atoms with Crippen molar-refractivity contribution in [1.29, 1.82) is 0 Å². The fraction of sp³-hybridized carbons (Fsp3) is 0.333. The van der Waals surface area contributed by atoms with Crippen LogP contribution in [0.5, 0.6) is 0 Å². The zero-order valence-electron chi connectivity index (χ0n) is 11.7. The molecule has 1 saturated heterocycles. The molecule has 4 N–H and O–H groups in total. The number of nitrogens with one attached hydrogen (secondary N) is 2. The first-order valence-corrected chi connectivity index (χ1v) is 8.78. The number of nitrogens with two attached hydrogens (primary N) is 1. The Balaban J connectivity index is 1.90. The SMILES string of the molecule is CN1[C@H](C(N)=O)C[C@H](c2ccc(-c3ccn[nH]3)s2)NS1(=O)=O. The number of aromatic amines is 1. The molecule has 0 aliphatic carbocycles. The van der Waals surface area contributed by atoms with Crippen LogP contribution in [0.4, 0.5) is 0 Å². The maximum absolute atomic E-state index is 12.1. The number of hydrogen-bond donors (Lipinski definition) is 3. The standard InChI is InChI=1S/C12H15N5O3S2/c1-17-9(12(13)18)6-8(16-22(17,19)20)11-3-2-10(21-11)7-4-5-14-15-7/h2-5,8-9,16H,6H2,1H3,(H2,13,18)(H,14,15)/t8-,9+/m1/s1. The Morgan fingerprint density at radius 3 is 2.86 bits per heavy atom. The molecule has 8 nitrogen and oxygen atoms in total. The van der Waals surface area contributed by atoms with Crippen LogP contribution in [0.25, 0.3) is 10.6 Å². The van der Waals surface area contributed by atoms with Crippen molar-refractivity contribution in [3.8, 4) is 10.6 Å². The van der Waals surface area contributed by atoms with Gasteiger partial charge in [0.05, 0.1) is 16.6 Å². The number of carbonyl (C=O) groups is 1. The summed E-state index contributed by atoms with van der Waals surface area (Å²) in [6, 6.07) is 4.24. The molecule has 0 aromatic carbocycles. The van der Waals surface area contributed by atoms with Gasteiger partial charge in [0.1, 0.15) is 6.04 Å². The highest BCUT2D eigenvalue weighted by atomic mass is 32.2. The lowest BCUT2D eigenvalue weighted by molar-refractivity contribution is -0.122. The molecule has 0 bridgehead atoms. The lowest BCUT2D eigenvalue weighted by atomic mass is 10.1. The minimum absolute atomic E-state index is 0.300. The van der Waals surface area contributed by atoms with Crippen LogP contribution in [0.2, 0.25) is 0 Å². The highest BCUT2D eigenvalue weighted by molar-refractivity contribution is 7.87. The van der Waals surface area contributed by atoms with E-state index in [-0.39, 0.29) is 0 Å². The highest BCUT2D eigenvalue weighted by Gasteiger charge is 2.40. The summed E-state index contributed by atoms with van der Waals surface area (Å²) in [5.74, 6) is -0.650. The summed E-state index contributed by atoms with van der Waals surface area (Å²) in [7, 11) is -2.38. The van der Waals surface area contributed by atoms with Gasteiger partial charge < -0.3 is 5.73 Å². The molecule has 1 aliphatic heterocycles. The van der Waals surface area contributed by atoms with E-state index in [1.165, 1.54) is 18.4 Å². The Morgan fingerprint density at radius 2 is 2.23 bits per heavy atom. The van der Waals surface area contributed by atoms with E-state index in [4.69, 9.17) is 5.73 Å². The molecular weight excluding hydrogens is 326 g/mol. The topological polar surface area (TPSA) is 121 Å². The average Bonchev–Trinajstić information content (AvgIpc) is 3.10. The maximum atomic E-state index is 12.1. The second-order valence-corrected chi connectivity index (χ2v) is 7.90. The van der Waals surface area contributed by atoms with E-state index in [1.807, 2.05) is 18.2 Å². The van der Waals surface area contributed by atoms with Gasteiger partial charge in [-0.25, -0.2) is 0 Å². The molecule has 10 heteroatoms. The van der Waals surface area contributed by atoms with Gasteiger partial charge in [-0.15, -0.1) is 11.3 Å². The molecule has 0 saturated carbocycles. The first kappa shape index (κ1) is 15.2. The first-order chi connectivity index (χ1) is 10.4. The van der Waals surface area contributed by atoms with Gasteiger partial charge in [-0.1, -0.05) is 0 Å². The molecule has 0 radical (unpaired) electrons. The summed E-state index contributed by atoms with van der Waals surface area (Å²) in [5.41, 5.74) is 6.18. The fourth-order valence-corrected chi connectivity index (χ4v) is 4.79. The van der Waals surface area contributed by atoms with Gasteiger partial charge in [0.2, 0.25) is 5.91 Å². The fourth-order valence-electron chi connectivity index (χ4n) is 2.40. The van der Waals surface area contributed by atoms with E-state index in [2.05, 4.69) is 14.9 Å². The van der Waals surface area contributed by atoms with Gasteiger partial charge >= 0.3 is 0 Å². The normalized spacial score (nSPS) is 25.1. The smallest absolute Gasteiger partial charge is 0.280 e. The van der Waals surface area contributed by atoms with Crippen LogP contribution in [0.15, 0.2) is 24.4 Å². The maximum Gasteiger partial charge on any atom is 0.280 e. The number of likely N-dealkylation sites (N-methyl/N-ethyl adjacent to an activating group) is 1. The van der Waals surface area contributed by atoms with Crippen molar-refractivity contribution in [3.63, 3.8) is 0 Å². The van der Waals surface area contributed by atoms with Crippen LogP contribution in [0.1, 0.15) is 17.3 Å². The van der Waals surface area contributed by atoms with E-state index in [1.54, 1.807) is 6.20 Å². The van der Waals surface area contributed by atoms with E-state index in [9.17, 15) is 13.2 Å². The Labute approximate surface area is 131 Å². The molecule has 2 aromatic rings. The van der Waals surface area contributed by atoms with Crippen LogP contribution < -0.4 is 10.5 Å². The Morgan fingerprint density at radius 1 is 1.45 bits per heavy atom. The first-order valence-electron chi connectivity index (χ1n) is 6.52. The minimum atomic E-state index is -3.73. The predicted molar refractivity (Wildman–Crippen MR) is 82.1 cm³/mol. The van der Waals surface area contributed by atoms with Gasteiger partial charge in [0, 0.05) is 18.1 Å². The second kappa shape index (κ2) is 5.47. The van der Waals surface area contributed by atoms with Crippen molar-refractivity contribution in [1.82, 2.24) is 19.2 Å². The van der Waals surface area contributed by atoms with E-state index >= 15 is 0 Å². The molecular formula is C12H15N5O3S2. The monoisotopic (exact) mass is 341 g/mol. The average molecular weight is 341 g/mol. The van der Waals surface area contributed by atoms with Crippen molar-refractivity contribution in [2.75, 3.05) is 7.05 Å². The number of H-pyrrole nitrogens is 1. The second-order valence-electron chi connectivity index (χ2n) is 5.02. The summed E-state index contributed by atoms with van der Waals surface area (Å²) in [4.78, 5) is 13.3. The zero-order chi connectivity index (χ0) is 15.9. The number of aromatic nitrogens is 2. The predicted octanol–water partition coefficient (Wildman–Crippen LogP) is 0.203. The minimum Gasteiger partial charge on any atom is -0.368 e. The molecule has 1 amide bonds.